The van der Waals surface area contributed by atoms with Crippen LogP contribution in [0.4, 0.5) is 18.9 Å². The van der Waals surface area contributed by atoms with Gasteiger partial charge < -0.3 is 14.9 Å². The van der Waals surface area contributed by atoms with Crippen molar-refractivity contribution in [2.75, 3.05) is 11.5 Å². The number of rotatable bonds is 6. The number of aromatic hydroxyl groups is 1. The van der Waals surface area contributed by atoms with E-state index in [1.165, 1.54) is 30.3 Å². The zero-order chi connectivity index (χ0) is 26.0. The molecule has 1 amide bonds. The molecule has 6 nitrogen and oxygen atoms in total. The fourth-order valence-corrected chi connectivity index (χ4v) is 3.99. The van der Waals surface area contributed by atoms with Gasteiger partial charge in [-0.05, 0) is 60.5 Å². The van der Waals surface area contributed by atoms with Gasteiger partial charge in [-0.2, -0.15) is 13.2 Å². The topological polar surface area (TPSA) is 87.1 Å². The van der Waals surface area contributed by atoms with E-state index in [2.05, 4.69) is 0 Å². The van der Waals surface area contributed by atoms with Gasteiger partial charge in [-0.1, -0.05) is 31.2 Å². The van der Waals surface area contributed by atoms with E-state index in [1.54, 1.807) is 18.2 Å². The molecule has 186 valence electrons. The molecule has 1 atom stereocenters. The molecule has 9 heteroatoms. The number of nitrogens with zero attached hydrogens (tertiary/aromatic N) is 1. The molecule has 0 saturated carbocycles. The lowest BCUT2D eigenvalue weighted by Gasteiger charge is -2.25. The highest BCUT2D eigenvalue weighted by Gasteiger charge is 2.47. The smallest absolute Gasteiger partial charge is 0.416 e. The lowest BCUT2D eigenvalue weighted by atomic mass is 9.95. The molecule has 1 aliphatic heterocycles. The zero-order valence-corrected chi connectivity index (χ0v) is 19.1. The van der Waals surface area contributed by atoms with Gasteiger partial charge in [0, 0.05) is 11.3 Å². The van der Waals surface area contributed by atoms with Crippen LogP contribution in [0.5, 0.6) is 11.5 Å². The van der Waals surface area contributed by atoms with E-state index in [0.29, 0.717) is 17.9 Å². The second-order valence-corrected chi connectivity index (χ2v) is 8.18. The lowest BCUT2D eigenvalue weighted by molar-refractivity contribution is -0.137. The molecule has 0 bridgehead atoms. The van der Waals surface area contributed by atoms with Gasteiger partial charge in [0.25, 0.3) is 11.7 Å². The number of anilines is 1. The number of phenolic OH excluding ortho intramolecular Hbond substituents is 1. The second-order valence-electron chi connectivity index (χ2n) is 8.18. The summed E-state index contributed by atoms with van der Waals surface area (Å²) in [6.07, 6.45) is -3.82. The largest absolute Gasteiger partial charge is 0.508 e. The number of aliphatic hydroxyl groups is 1. The van der Waals surface area contributed by atoms with Gasteiger partial charge in [0.1, 0.15) is 17.3 Å². The number of carbonyl (C=O) groups excluding carboxylic acids is 2. The maximum absolute atomic E-state index is 13.2. The minimum atomic E-state index is -4.58. The number of hydrogen-bond acceptors (Lipinski definition) is 5. The van der Waals surface area contributed by atoms with Gasteiger partial charge in [0.15, 0.2) is 0 Å². The third-order valence-electron chi connectivity index (χ3n) is 5.71. The Hall–Kier alpha value is -4.27. The van der Waals surface area contributed by atoms with Gasteiger partial charge in [-0.15, -0.1) is 0 Å². The Morgan fingerprint density at radius 3 is 2.28 bits per heavy atom. The maximum Gasteiger partial charge on any atom is 0.416 e. The number of amides is 1. The van der Waals surface area contributed by atoms with E-state index in [0.717, 1.165) is 35.6 Å². The van der Waals surface area contributed by atoms with Crippen molar-refractivity contribution < 1.29 is 37.7 Å². The number of aliphatic hydroxyl groups excluding tert-OH is 1. The minimum absolute atomic E-state index is 0.0438. The van der Waals surface area contributed by atoms with Crippen molar-refractivity contribution in [2.24, 2.45) is 0 Å². The maximum atomic E-state index is 13.2. The first-order valence-corrected chi connectivity index (χ1v) is 11.1. The third kappa shape index (κ3) is 4.77. The highest BCUT2D eigenvalue weighted by Crippen LogP contribution is 2.43. The SMILES string of the molecule is CCCOc1cccc(/C(O)=C2\C(=O)C(=O)N(c3ccc(C(F)(F)F)cc3)C2c2ccc(O)cc2)c1. The molecule has 1 unspecified atom stereocenters. The quantitative estimate of drug-likeness (QED) is 0.254. The summed E-state index contributed by atoms with van der Waals surface area (Å²) in [5.41, 5.74) is -0.502. The van der Waals surface area contributed by atoms with Gasteiger partial charge in [0.2, 0.25) is 0 Å². The fourth-order valence-electron chi connectivity index (χ4n) is 3.99. The van der Waals surface area contributed by atoms with Crippen molar-refractivity contribution in [1.82, 2.24) is 0 Å². The molecule has 4 rings (SSSR count). The molecular weight excluding hydrogens is 475 g/mol. The van der Waals surface area contributed by atoms with Crippen LogP contribution in [-0.4, -0.2) is 28.5 Å². The number of benzene rings is 3. The van der Waals surface area contributed by atoms with Crippen molar-refractivity contribution in [3.63, 3.8) is 0 Å². The van der Waals surface area contributed by atoms with Gasteiger partial charge in [0.05, 0.1) is 23.8 Å². The molecule has 1 aliphatic rings. The summed E-state index contributed by atoms with van der Waals surface area (Å²) in [7, 11) is 0. The average Bonchev–Trinajstić information content (AvgIpc) is 3.12. The predicted molar refractivity (Wildman–Crippen MR) is 127 cm³/mol. The number of carbonyl (C=O) groups is 2. The molecule has 3 aromatic rings. The Bertz CT molecular complexity index is 1310. The van der Waals surface area contributed by atoms with E-state index >= 15 is 0 Å². The standard InChI is InChI=1S/C27H22F3NO5/c1-2-14-36-21-5-3-4-17(15-21)24(33)22-23(16-6-12-20(32)13-7-16)31(26(35)25(22)34)19-10-8-18(9-11-19)27(28,29)30/h3-13,15,23,32-33H,2,14H2,1H3/b24-22+. The molecular formula is C27H22F3NO5. The Morgan fingerprint density at radius 1 is 1.00 bits per heavy atom. The summed E-state index contributed by atoms with van der Waals surface area (Å²) in [5, 5.41) is 20.9. The number of hydrogen-bond donors (Lipinski definition) is 2. The molecule has 0 aliphatic carbocycles. The van der Waals surface area contributed by atoms with E-state index in [1.807, 2.05) is 6.92 Å². The normalized spacial score (nSPS) is 17.4. The first kappa shape index (κ1) is 24.8. The van der Waals surface area contributed by atoms with Crippen molar-refractivity contribution in [3.05, 3.63) is 95.1 Å². The summed E-state index contributed by atoms with van der Waals surface area (Å²) in [5.74, 6) is -2.06. The number of halogens is 3. The molecule has 36 heavy (non-hydrogen) atoms. The fraction of sp³-hybridized carbons (Fsp3) is 0.185. The van der Waals surface area contributed by atoms with E-state index < -0.39 is 35.2 Å². The van der Waals surface area contributed by atoms with E-state index in [-0.39, 0.29) is 22.6 Å². The van der Waals surface area contributed by atoms with Crippen LogP contribution in [0.2, 0.25) is 0 Å². The van der Waals surface area contributed by atoms with Crippen LogP contribution in [0, 0.1) is 0 Å². The molecule has 2 N–H and O–H groups in total. The Labute approximate surface area is 204 Å². The van der Waals surface area contributed by atoms with E-state index in [4.69, 9.17) is 4.74 Å². The van der Waals surface area contributed by atoms with Crippen LogP contribution >= 0.6 is 0 Å². The second kappa shape index (κ2) is 9.77. The van der Waals surface area contributed by atoms with Crippen LogP contribution in [0.1, 0.15) is 36.1 Å². The first-order valence-electron chi connectivity index (χ1n) is 11.1. The summed E-state index contributed by atoms with van der Waals surface area (Å²) >= 11 is 0. The summed E-state index contributed by atoms with van der Waals surface area (Å²) < 4.78 is 44.8. The number of alkyl halides is 3. The van der Waals surface area contributed by atoms with Crippen molar-refractivity contribution in [2.45, 2.75) is 25.6 Å². The molecule has 1 fully saturated rings. The van der Waals surface area contributed by atoms with Crippen molar-refractivity contribution in [1.29, 1.82) is 0 Å². The minimum Gasteiger partial charge on any atom is -0.508 e. The van der Waals surface area contributed by atoms with Crippen molar-refractivity contribution in [3.8, 4) is 11.5 Å². The van der Waals surface area contributed by atoms with Crippen molar-refractivity contribution >= 4 is 23.1 Å². The number of phenols is 1. The average molecular weight is 497 g/mol. The number of ether oxygens (including phenoxy) is 1. The highest BCUT2D eigenvalue weighted by atomic mass is 19.4. The zero-order valence-electron chi connectivity index (χ0n) is 19.1. The van der Waals surface area contributed by atoms with Crippen LogP contribution in [0.15, 0.2) is 78.4 Å². The molecule has 1 heterocycles. The van der Waals surface area contributed by atoms with Crippen LogP contribution in [0.3, 0.4) is 0 Å². The molecule has 0 spiro atoms. The predicted octanol–water partition coefficient (Wildman–Crippen LogP) is 5.83. The van der Waals surface area contributed by atoms with Crippen LogP contribution in [-0.2, 0) is 15.8 Å². The Kier molecular flexibility index (Phi) is 6.74. The summed E-state index contributed by atoms with van der Waals surface area (Å²) in [6.45, 7) is 2.38. The first-order chi connectivity index (χ1) is 17.1. The van der Waals surface area contributed by atoms with Crippen LogP contribution in [0.25, 0.3) is 5.76 Å². The third-order valence-corrected chi connectivity index (χ3v) is 5.71. The number of Topliss-reactive ketones (excluding diaryl/α,β-unsaturated/α-hetero) is 1. The highest BCUT2D eigenvalue weighted by molar-refractivity contribution is 6.51. The Morgan fingerprint density at radius 2 is 1.67 bits per heavy atom. The Balaban J connectivity index is 1.86. The molecule has 1 saturated heterocycles. The van der Waals surface area contributed by atoms with E-state index in [9.17, 15) is 33.0 Å². The molecule has 3 aromatic carbocycles. The summed E-state index contributed by atoms with van der Waals surface area (Å²) in [6, 6.07) is 14.7. The van der Waals surface area contributed by atoms with Crippen LogP contribution < -0.4 is 9.64 Å². The lowest BCUT2D eigenvalue weighted by Crippen LogP contribution is -2.29. The van der Waals surface area contributed by atoms with Gasteiger partial charge in [-0.25, -0.2) is 0 Å². The molecule has 0 aromatic heterocycles. The number of ketones is 1. The monoisotopic (exact) mass is 497 g/mol. The van der Waals surface area contributed by atoms with Gasteiger partial charge >= 0.3 is 6.18 Å². The summed E-state index contributed by atoms with van der Waals surface area (Å²) in [4.78, 5) is 27.3. The molecule has 0 radical (unpaired) electrons. The van der Waals surface area contributed by atoms with Gasteiger partial charge in [-0.3, -0.25) is 14.5 Å².